The minimum Gasteiger partial charge on any atom is -0.397 e. The van der Waals surface area contributed by atoms with Gasteiger partial charge in [0, 0.05) is 26.3 Å². The highest BCUT2D eigenvalue weighted by Crippen LogP contribution is 2.31. The molecule has 0 aromatic carbocycles. The highest BCUT2D eigenvalue weighted by atomic mass is 31.1. The van der Waals surface area contributed by atoms with Gasteiger partial charge in [0.1, 0.15) is 6.61 Å². The van der Waals surface area contributed by atoms with E-state index in [0.717, 1.165) is 25.9 Å². The van der Waals surface area contributed by atoms with Crippen LogP contribution in [-0.2, 0) is 14.1 Å². The van der Waals surface area contributed by atoms with Crippen LogP contribution in [0.15, 0.2) is 0 Å². The van der Waals surface area contributed by atoms with Crippen LogP contribution in [0, 0.1) is 0 Å². The van der Waals surface area contributed by atoms with Crippen molar-refractivity contribution >= 4 is 14.1 Å². The quantitative estimate of drug-likeness (QED) is 0.0602. The lowest BCUT2D eigenvalue weighted by Gasteiger charge is -2.24. The number of aliphatic hydroxyl groups excluding tert-OH is 1. The number of ether oxygens (including phenoxy) is 1. The third-order valence-electron chi connectivity index (χ3n) is 7.80. The van der Waals surface area contributed by atoms with Crippen molar-refractivity contribution in [1.29, 1.82) is 0 Å². The van der Waals surface area contributed by atoms with Crippen LogP contribution in [0.2, 0.25) is 0 Å². The zero-order valence-corrected chi connectivity index (χ0v) is 30.2. The number of hydrogen-bond donors (Lipinski definition) is 1. The zero-order valence-electron chi connectivity index (χ0n) is 29.3. The molecule has 0 aliphatic rings. The Balaban J connectivity index is 0. The summed E-state index contributed by atoms with van der Waals surface area (Å²) >= 11 is 0. The predicted molar refractivity (Wildman–Crippen MR) is 187 cm³/mol. The molecule has 254 valence electrons. The lowest BCUT2D eigenvalue weighted by atomic mass is 10.0. The number of aliphatic hydroxyl groups is 1. The molecule has 1 amide bonds. The van der Waals surface area contributed by atoms with Crippen LogP contribution in [0.3, 0.4) is 0 Å². The molecule has 0 fully saturated rings. The van der Waals surface area contributed by atoms with Gasteiger partial charge in [-0.05, 0) is 33.4 Å². The summed E-state index contributed by atoms with van der Waals surface area (Å²) < 4.78 is 11.3. The van der Waals surface area contributed by atoms with Crippen LogP contribution in [0.5, 0.6) is 0 Å². The van der Waals surface area contributed by atoms with E-state index in [1.54, 1.807) is 6.92 Å². The number of hydrogen-bond acceptors (Lipinski definition) is 4. The van der Waals surface area contributed by atoms with Gasteiger partial charge in [0.05, 0.1) is 14.5 Å². The summed E-state index contributed by atoms with van der Waals surface area (Å²) in [5, 5.41) is 7.57. The van der Waals surface area contributed by atoms with E-state index in [9.17, 15) is 4.79 Å². The Kier molecular flexibility index (Phi) is 40.6. The smallest absolute Gasteiger partial charge is 0.248 e. The molecule has 42 heavy (non-hydrogen) atoms. The third kappa shape index (κ3) is 36.0. The Morgan fingerprint density at radius 3 is 1.19 bits per heavy atom. The second-order valence-corrected chi connectivity index (χ2v) is 13.8. The van der Waals surface area contributed by atoms with E-state index in [1.807, 2.05) is 6.92 Å². The van der Waals surface area contributed by atoms with Crippen molar-refractivity contribution in [3.63, 3.8) is 0 Å². The molecule has 0 aliphatic heterocycles. The van der Waals surface area contributed by atoms with Gasteiger partial charge in [0.15, 0.2) is 0 Å². The van der Waals surface area contributed by atoms with Crippen LogP contribution < -0.4 is 0 Å². The summed E-state index contributed by atoms with van der Waals surface area (Å²) in [4.78, 5) is 15.1. The molecule has 0 radical (unpaired) electrons. The van der Waals surface area contributed by atoms with Gasteiger partial charge < -0.3 is 19.3 Å². The highest BCUT2D eigenvalue weighted by molar-refractivity contribution is 7.51. The summed E-state index contributed by atoms with van der Waals surface area (Å²) in [5.74, 6) is 0.173. The van der Waals surface area contributed by atoms with E-state index in [2.05, 4.69) is 25.4 Å². The monoisotopic (exact) mass is 618 g/mol. The normalized spacial score (nSPS) is 11.8. The van der Waals surface area contributed by atoms with Crippen LogP contribution in [-0.4, -0.2) is 61.8 Å². The maximum absolute atomic E-state index is 13.0. The van der Waals surface area contributed by atoms with Crippen molar-refractivity contribution in [2.75, 3.05) is 45.9 Å². The Hall–Kier alpha value is -0.220. The number of rotatable bonds is 32. The largest absolute Gasteiger partial charge is 0.397 e. The predicted octanol–water partition coefficient (Wildman–Crippen LogP) is 11.3. The molecule has 0 saturated heterocycles. The third-order valence-corrected chi connectivity index (χ3v) is 8.92. The summed E-state index contributed by atoms with van der Waals surface area (Å²) in [6, 6.07) is 0. The van der Waals surface area contributed by atoms with E-state index in [1.165, 1.54) is 141 Å². The van der Waals surface area contributed by atoms with Crippen molar-refractivity contribution in [1.82, 2.24) is 4.90 Å². The molecule has 6 heteroatoms. The average Bonchev–Trinajstić information content (AvgIpc) is 2.99. The number of amides is 1. The van der Waals surface area contributed by atoms with Crippen molar-refractivity contribution in [3.05, 3.63) is 0 Å². The summed E-state index contributed by atoms with van der Waals surface area (Å²) in [6.07, 6.45) is 33.0. The van der Waals surface area contributed by atoms with Gasteiger partial charge >= 0.3 is 0 Å². The molecule has 0 aromatic rings. The van der Waals surface area contributed by atoms with Crippen LogP contribution >= 0.6 is 8.15 Å². The molecule has 0 aliphatic carbocycles. The molecule has 5 nitrogen and oxygen atoms in total. The van der Waals surface area contributed by atoms with Crippen molar-refractivity contribution in [2.24, 2.45) is 0 Å². The fraction of sp³-hybridized carbons (Fsp3) is 0.972. The molecule has 0 aromatic heterocycles. The van der Waals surface area contributed by atoms with Gasteiger partial charge in [-0.25, -0.2) is 0 Å². The summed E-state index contributed by atoms with van der Waals surface area (Å²) in [5.41, 5.74) is 0. The van der Waals surface area contributed by atoms with E-state index in [0.29, 0.717) is 13.0 Å². The Bertz CT molecular complexity index is 481. The van der Waals surface area contributed by atoms with E-state index in [4.69, 9.17) is 14.4 Å². The molecule has 0 rings (SSSR count). The summed E-state index contributed by atoms with van der Waals surface area (Å²) in [6.45, 7) is 13.3. The second-order valence-electron chi connectivity index (χ2n) is 12.0. The lowest BCUT2D eigenvalue weighted by molar-refractivity contribution is -0.133. The number of carbonyl (C=O) groups excluding carboxylic acids is 1. The molecule has 0 saturated carbocycles. The molecule has 1 N–H and O–H groups in total. The molecule has 0 spiro atoms. The zero-order chi connectivity index (χ0) is 31.4. The molecule has 1 atom stereocenters. The van der Waals surface area contributed by atoms with E-state index < -0.39 is 8.15 Å². The van der Waals surface area contributed by atoms with E-state index >= 15 is 0 Å². The molecule has 0 bridgehead atoms. The Morgan fingerprint density at radius 2 is 0.881 bits per heavy atom. The first kappa shape index (κ1) is 43.9. The van der Waals surface area contributed by atoms with Gasteiger partial charge in [-0.1, -0.05) is 155 Å². The van der Waals surface area contributed by atoms with Crippen molar-refractivity contribution in [3.8, 4) is 0 Å². The van der Waals surface area contributed by atoms with Crippen LogP contribution in [0.1, 0.15) is 182 Å². The molecule has 1 unspecified atom stereocenters. The maximum atomic E-state index is 13.0. The number of nitrogens with zero attached hydrogens (tertiary/aromatic N) is 1. The first-order valence-corrected chi connectivity index (χ1v) is 20.3. The minimum atomic E-state index is -0.676. The van der Waals surface area contributed by atoms with Crippen LogP contribution in [0.4, 0.5) is 0 Å². The van der Waals surface area contributed by atoms with Crippen molar-refractivity contribution < 1.29 is 19.2 Å². The fourth-order valence-corrected chi connectivity index (χ4v) is 6.01. The highest BCUT2D eigenvalue weighted by Gasteiger charge is 2.15. The van der Waals surface area contributed by atoms with Crippen LogP contribution in [0.25, 0.3) is 0 Å². The van der Waals surface area contributed by atoms with Crippen molar-refractivity contribution in [2.45, 2.75) is 182 Å². The molecular formula is C36H76NO4P. The summed E-state index contributed by atoms with van der Waals surface area (Å²) in [7, 11) is -0.676. The van der Waals surface area contributed by atoms with Gasteiger partial charge in [0.25, 0.3) is 0 Å². The van der Waals surface area contributed by atoms with Gasteiger partial charge in [-0.15, -0.1) is 0 Å². The lowest BCUT2D eigenvalue weighted by Crippen LogP contribution is -2.35. The number of unbranched alkanes of at least 4 members (excludes halogenated alkanes) is 22. The number of carbonyl (C=O) groups is 1. The fourth-order valence-electron chi connectivity index (χ4n) is 5.16. The Morgan fingerprint density at radius 1 is 0.571 bits per heavy atom. The average molecular weight is 618 g/mol. The standard InChI is InChI=1S/C34H70NO3P.C2H6O/c1-5-8-10-12-14-16-18-20-22-24-26-28-30-35(34(36)32-38-39(4)33-37-7-3)31-29-27-25-23-21-19-17-15-13-11-9-6-2;1-2-3/h5-33H2,1-4H3;3H,2H2,1H3. The topological polar surface area (TPSA) is 59.0 Å². The van der Waals surface area contributed by atoms with Gasteiger partial charge in [0.2, 0.25) is 5.91 Å². The SMILES string of the molecule is CCCCCCCCCCCCCCN(CCCCCCCCCCCCCC)C(=O)COP(C)COCC.CCO. The van der Waals surface area contributed by atoms with Gasteiger partial charge in [-0.2, -0.15) is 0 Å². The first-order chi connectivity index (χ1) is 20.6. The van der Waals surface area contributed by atoms with E-state index in [-0.39, 0.29) is 19.1 Å². The second kappa shape index (κ2) is 38.8. The maximum Gasteiger partial charge on any atom is 0.248 e. The first-order valence-electron chi connectivity index (χ1n) is 18.4. The molecule has 0 heterocycles. The minimum absolute atomic E-state index is 0.173. The van der Waals surface area contributed by atoms with Gasteiger partial charge in [-0.3, -0.25) is 4.79 Å². The molecular weight excluding hydrogens is 541 g/mol. The Labute approximate surface area is 265 Å².